The Hall–Kier alpha value is -0.140. The van der Waals surface area contributed by atoms with Crippen molar-refractivity contribution in [1.29, 1.82) is 0 Å². The molecule has 1 aliphatic heterocycles. The van der Waals surface area contributed by atoms with Crippen molar-refractivity contribution in [2.75, 3.05) is 6.54 Å². The molecule has 3 rings (SSSR count). The number of benzene rings is 1. The van der Waals surface area contributed by atoms with Crippen LogP contribution in [0.3, 0.4) is 0 Å². The second-order valence-electron chi connectivity index (χ2n) is 5.98. The number of para-hydroxylation sites is 2. The number of nitrogens with zero attached hydrogens (tertiary/aromatic N) is 3. The zero-order valence-corrected chi connectivity index (χ0v) is 16.3. The molecule has 0 bridgehead atoms. The lowest BCUT2D eigenvalue weighted by atomic mass is 9.96. The van der Waals surface area contributed by atoms with E-state index in [-0.39, 0.29) is 12.1 Å². The van der Waals surface area contributed by atoms with E-state index < -0.39 is 6.10 Å². The van der Waals surface area contributed by atoms with Gasteiger partial charge in [-0.1, -0.05) is 21.1 Å². The van der Waals surface area contributed by atoms with Crippen molar-refractivity contribution < 1.29 is 9.63 Å². The van der Waals surface area contributed by atoms with Crippen molar-refractivity contribution in [3.05, 3.63) is 30.6 Å². The van der Waals surface area contributed by atoms with Gasteiger partial charge in [0.1, 0.15) is 0 Å². The Balaban J connectivity index is 1.68. The third-order valence-electron chi connectivity index (χ3n) is 4.51. The standard InChI is InChI=1S/C15H24N3O2P3/c19-11(8-14-15(20-21)6-3-7-18(14)23-22)9-17-10-16-12-4-1-2-5-13(12)17/h1-2,4-5,10-11,14-15,19,23H,3,6-9,21-22H2/t11?,14-,15+/m1/s1. The van der Waals surface area contributed by atoms with Crippen molar-refractivity contribution in [3.8, 4) is 0 Å². The predicted octanol–water partition coefficient (Wildman–Crippen LogP) is 2.81. The first-order valence-corrected chi connectivity index (χ1v) is 11.1. The zero-order valence-electron chi connectivity index (χ0n) is 13.0. The smallest absolute Gasteiger partial charge is 0.0959 e. The van der Waals surface area contributed by atoms with Gasteiger partial charge >= 0.3 is 0 Å². The molecule has 1 aliphatic rings. The van der Waals surface area contributed by atoms with Gasteiger partial charge in [0.15, 0.2) is 0 Å². The first-order chi connectivity index (χ1) is 11.2. The summed E-state index contributed by atoms with van der Waals surface area (Å²) in [5, 5.41) is 10.6. The summed E-state index contributed by atoms with van der Waals surface area (Å²) >= 11 is 0. The quantitative estimate of drug-likeness (QED) is 0.794. The van der Waals surface area contributed by atoms with Gasteiger partial charge < -0.3 is 14.2 Å². The summed E-state index contributed by atoms with van der Waals surface area (Å²) in [6, 6.07) is 8.29. The summed E-state index contributed by atoms with van der Waals surface area (Å²) in [5.74, 6) is 0. The van der Waals surface area contributed by atoms with E-state index >= 15 is 0 Å². The number of aliphatic hydroxyl groups excluding tert-OH is 1. The van der Waals surface area contributed by atoms with E-state index in [1.165, 1.54) is 0 Å². The summed E-state index contributed by atoms with van der Waals surface area (Å²) in [6.45, 7) is 1.65. The van der Waals surface area contributed by atoms with Crippen LogP contribution in [0.25, 0.3) is 11.0 Å². The third-order valence-corrected chi connectivity index (χ3v) is 6.74. The van der Waals surface area contributed by atoms with Crippen molar-refractivity contribution in [2.24, 2.45) is 0 Å². The van der Waals surface area contributed by atoms with Gasteiger partial charge in [0.2, 0.25) is 0 Å². The number of imidazole rings is 1. The van der Waals surface area contributed by atoms with E-state index in [9.17, 15) is 5.11 Å². The minimum atomic E-state index is -0.415. The van der Waals surface area contributed by atoms with E-state index in [0.717, 1.165) is 30.4 Å². The average Bonchev–Trinajstić information content (AvgIpc) is 2.98. The highest BCUT2D eigenvalue weighted by atomic mass is 32.0. The lowest BCUT2D eigenvalue weighted by molar-refractivity contribution is 0.0449. The van der Waals surface area contributed by atoms with E-state index in [2.05, 4.69) is 28.0 Å². The molecule has 0 saturated carbocycles. The molecule has 0 spiro atoms. The summed E-state index contributed by atoms with van der Waals surface area (Å²) < 4.78 is 10.0. The van der Waals surface area contributed by atoms with E-state index in [4.69, 9.17) is 4.52 Å². The fourth-order valence-electron chi connectivity index (χ4n) is 3.36. The maximum absolute atomic E-state index is 10.6. The molecule has 2 aromatic rings. The SMILES string of the molecule is OC(C[C@@H]1[C@@H](OP)CCCN1PP)Cn1cnc2ccccc21. The van der Waals surface area contributed by atoms with E-state index in [1.807, 2.05) is 35.2 Å². The first kappa shape index (κ1) is 17.7. The fourth-order valence-corrected chi connectivity index (χ4v) is 5.39. The Morgan fingerprint density at radius 3 is 3.04 bits per heavy atom. The van der Waals surface area contributed by atoms with Crippen LogP contribution < -0.4 is 0 Å². The number of fused-ring (bicyclic) bond motifs is 1. The largest absolute Gasteiger partial charge is 0.391 e. The van der Waals surface area contributed by atoms with Crippen LogP contribution in [0.5, 0.6) is 0 Å². The molecule has 126 valence electrons. The lowest BCUT2D eigenvalue weighted by Gasteiger charge is -2.40. The summed E-state index contributed by atoms with van der Waals surface area (Å²) in [6.07, 6.45) is 4.50. The molecule has 8 heteroatoms. The molecule has 1 fully saturated rings. The molecule has 6 atom stereocenters. The number of aliphatic hydroxyl groups is 1. The van der Waals surface area contributed by atoms with Crippen molar-refractivity contribution in [1.82, 2.24) is 14.2 Å². The van der Waals surface area contributed by atoms with Crippen LogP contribution in [0.4, 0.5) is 0 Å². The molecule has 0 aliphatic carbocycles. The second-order valence-corrected chi connectivity index (χ2v) is 7.86. The minimum Gasteiger partial charge on any atom is -0.391 e. The van der Waals surface area contributed by atoms with Gasteiger partial charge in [0.05, 0.1) is 36.1 Å². The Morgan fingerprint density at radius 1 is 1.43 bits per heavy atom. The minimum absolute atomic E-state index is 0.177. The van der Waals surface area contributed by atoms with Gasteiger partial charge in [0, 0.05) is 22.1 Å². The number of rotatable bonds is 6. The van der Waals surface area contributed by atoms with Gasteiger partial charge in [-0.3, -0.25) is 4.67 Å². The van der Waals surface area contributed by atoms with Gasteiger partial charge in [0.25, 0.3) is 0 Å². The maximum Gasteiger partial charge on any atom is 0.0959 e. The first-order valence-electron chi connectivity index (χ1n) is 7.89. The summed E-state index contributed by atoms with van der Waals surface area (Å²) in [7, 11) is 5.88. The highest BCUT2D eigenvalue weighted by Gasteiger charge is 2.32. The maximum atomic E-state index is 10.6. The fraction of sp³-hybridized carbons (Fsp3) is 0.533. The summed E-state index contributed by atoms with van der Waals surface area (Å²) in [4.78, 5) is 4.39. The molecule has 1 N–H and O–H groups in total. The molecular weight excluding hydrogens is 347 g/mol. The molecule has 5 nitrogen and oxygen atoms in total. The van der Waals surface area contributed by atoms with Crippen LogP contribution in [0.2, 0.25) is 0 Å². The monoisotopic (exact) mass is 371 g/mol. The van der Waals surface area contributed by atoms with Crippen LogP contribution in [-0.4, -0.2) is 44.1 Å². The normalized spacial score (nSPS) is 24.7. The average molecular weight is 371 g/mol. The van der Waals surface area contributed by atoms with Gasteiger partial charge in [-0.15, -0.1) is 0 Å². The topological polar surface area (TPSA) is 50.5 Å². The highest BCUT2D eigenvalue weighted by Crippen LogP contribution is 2.37. The van der Waals surface area contributed by atoms with Crippen molar-refractivity contribution >= 4 is 37.8 Å². The number of hydrogen-bond donors (Lipinski definition) is 1. The third kappa shape index (κ3) is 4.10. The van der Waals surface area contributed by atoms with Crippen molar-refractivity contribution in [3.63, 3.8) is 0 Å². The van der Waals surface area contributed by atoms with Gasteiger partial charge in [-0.25, -0.2) is 4.98 Å². The molecular formula is C15H24N3O2P3. The molecule has 4 unspecified atom stereocenters. The Bertz CT molecular complexity index is 627. The van der Waals surface area contributed by atoms with Gasteiger partial charge in [-0.2, -0.15) is 0 Å². The Labute approximate surface area is 143 Å². The van der Waals surface area contributed by atoms with Gasteiger partial charge in [-0.05, 0) is 39.8 Å². The molecule has 0 amide bonds. The van der Waals surface area contributed by atoms with Crippen LogP contribution in [-0.2, 0) is 11.1 Å². The number of hydrogen-bond acceptors (Lipinski definition) is 4. The van der Waals surface area contributed by atoms with Crippen molar-refractivity contribution in [2.45, 2.75) is 44.1 Å². The predicted molar refractivity (Wildman–Crippen MR) is 103 cm³/mol. The van der Waals surface area contributed by atoms with E-state index in [0.29, 0.717) is 21.4 Å². The number of aromatic nitrogens is 2. The zero-order chi connectivity index (χ0) is 16.2. The number of piperidine rings is 1. The van der Waals surface area contributed by atoms with Crippen LogP contribution in [0.1, 0.15) is 19.3 Å². The Kier molecular flexibility index (Phi) is 6.38. The highest BCUT2D eigenvalue weighted by molar-refractivity contribution is 8.01. The van der Waals surface area contributed by atoms with E-state index in [1.54, 1.807) is 0 Å². The van der Waals surface area contributed by atoms with Crippen LogP contribution >= 0.6 is 26.8 Å². The molecule has 1 aromatic heterocycles. The molecule has 0 radical (unpaired) electrons. The van der Waals surface area contributed by atoms with Crippen LogP contribution in [0, 0.1) is 0 Å². The Morgan fingerprint density at radius 2 is 2.26 bits per heavy atom. The molecule has 1 aromatic carbocycles. The molecule has 1 saturated heterocycles. The lowest BCUT2D eigenvalue weighted by Crippen LogP contribution is -2.46. The summed E-state index contributed by atoms with van der Waals surface area (Å²) in [5.41, 5.74) is 2.04. The van der Waals surface area contributed by atoms with Crippen LogP contribution in [0.15, 0.2) is 30.6 Å². The second kappa shape index (κ2) is 8.30. The molecule has 23 heavy (non-hydrogen) atoms. The molecule has 2 heterocycles.